The minimum absolute atomic E-state index is 0.0834. The number of methoxy groups -OCH3 is 2. The average molecular weight is 356 g/mol. The van der Waals surface area contributed by atoms with Gasteiger partial charge in [0.1, 0.15) is 0 Å². The molecule has 7 heteroatoms. The molecule has 2 aromatic rings. The summed E-state index contributed by atoms with van der Waals surface area (Å²) in [6.45, 7) is 0. The van der Waals surface area contributed by atoms with Crippen LogP contribution >= 0.6 is 0 Å². The Morgan fingerprint density at radius 3 is 2.27 bits per heavy atom. The Kier molecular flexibility index (Phi) is 6.73. The van der Waals surface area contributed by atoms with E-state index in [1.54, 1.807) is 18.2 Å². The zero-order chi connectivity index (χ0) is 18.9. The lowest BCUT2D eigenvalue weighted by Crippen LogP contribution is -2.20. The molecule has 2 N–H and O–H groups in total. The number of carboxylic acid groups (broad SMARTS) is 1. The molecule has 136 valence electrons. The van der Waals surface area contributed by atoms with E-state index in [4.69, 9.17) is 14.6 Å². The highest BCUT2D eigenvalue weighted by atomic mass is 16.5. The first-order valence-electron chi connectivity index (χ1n) is 7.91. The Hall–Kier alpha value is -3.35. The lowest BCUT2D eigenvalue weighted by molar-refractivity contribution is -0.136. The number of carbonyl (C=O) groups is 2. The molecule has 7 nitrogen and oxygen atoms in total. The number of hydrogen-bond acceptors (Lipinski definition) is 5. The molecular formula is C19H20N2O5. The summed E-state index contributed by atoms with van der Waals surface area (Å²) in [6, 6.07) is 13.9. The molecular weight excluding hydrogens is 336 g/mol. The van der Waals surface area contributed by atoms with E-state index < -0.39 is 11.9 Å². The summed E-state index contributed by atoms with van der Waals surface area (Å²) in [5.74, 6) is -0.424. The van der Waals surface area contributed by atoms with Crippen LogP contribution in [0.15, 0.2) is 53.6 Å². The van der Waals surface area contributed by atoms with Crippen molar-refractivity contribution in [3.05, 3.63) is 59.7 Å². The minimum Gasteiger partial charge on any atom is -0.493 e. The second-order valence-corrected chi connectivity index (χ2v) is 5.33. The van der Waals surface area contributed by atoms with Gasteiger partial charge in [-0.1, -0.05) is 30.3 Å². The van der Waals surface area contributed by atoms with Crippen molar-refractivity contribution in [2.75, 3.05) is 14.2 Å². The lowest BCUT2D eigenvalue weighted by atomic mass is 10.1. The van der Waals surface area contributed by atoms with Gasteiger partial charge in [-0.05, 0) is 23.8 Å². The highest BCUT2D eigenvalue weighted by Gasteiger charge is 2.12. The summed E-state index contributed by atoms with van der Waals surface area (Å²) in [7, 11) is 2.99. The molecule has 0 spiro atoms. The number of carbonyl (C=O) groups excluding carboxylic acids is 1. The normalized spacial score (nSPS) is 10.9. The second kappa shape index (κ2) is 9.22. The fourth-order valence-corrected chi connectivity index (χ4v) is 2.28. The molecule has 0 saturated carbocycles. The zero-order valence-corrected chi connectivity index (χ0v) is 14.6. The van der Waals surface area contributed by atoms with Crippen molar-refractivity contribution in [3.8, 4) is 11.5 Å². The third kappa shape index (κ3) is 5.07. The SMILES string of the molecule is COc1ccc(C(=O)N/N=C(\CCC(=O)O)c2ccccc2)cc1OC. The first kappa shape index (κ1) is 19.0. The van der Waals surface area contributed by atoms with E-state index in [-0.39, 0.29) is 12.8 Å². The molecule has 2 rings (SSSR count). The van der Waals surface area contributed by atoms with Crippen molar-refractivity contribution in [1.29, 1.82) is 0 Å². The van der Waals surface area contributed by atoms with Gasteiger partial charge in [0.05, 0.1) is 26.4 Å². The number of carboxylic acids is 1. The number of ether oxygens (including phenoxy) is 2. The summed E-state index contributed by atoms with van der Waals surface area (Å²) in [6.07, 6.45) is 0.117. The van der Waals surface area contributed by atoms with Gasteiger partial charge in [-0.3, -0.25) is 9.59 Å². The van der Waals surface area contributed by atoms with E-state index >= 15 is 0 Å². The number of aliphatic carboxylic acids is 1. The van der Waals surface area contributed by atoms with E-state index in [0.29, 0.717) is 22.8 Å². The van der Waals surface area contributed by atoms with Crippen LogP contribution in [0.5, 0.6) is 11.5 Å². The van der Waals surface area contributed by atoms with Crippen LogP contribution in [0.2, 0.25) is 0 Å². The fourth-order valence-electron chi connectivity index (χ4n) is 2.28. The zero-order valence-electron chi connectivity index (χ0n) is 14.6. The van der Waals surface area contributed by atoms with E-state index in [1.165, 1.54) is 14.2 Å². The number of amides is 1. The average Bonchev–Trinajstić information content (AvgIpc) is 2.67. The molecule has 2 aromatic carbocycles. The number of hydrazone groups is 1. The molecule has 0 fully saturated rings. The van der Waals surface area contributed by atoms with Gasteiger partial charge in [0.2, 0.25) is 0 Å². The van der Waals surface area contributed by atoms with E-state index in [9.17, 15) is 9.59 Å². The Balaban J connectivity index is 2.20. The maximum Gasteiger partial charge on any atom is 0.303 e. The van der Waals surface area contributed by atoms with Crippen molar-refractivity contribution in [3.63, 3.8) is 0 Å². The van der Waals surface area contributed by atoms with Crippen molar-refractivity contribution in [1.82, 2.24) is 5.43 Å². The first-order chi connectivity index (χ1) is 12.5. The van der Waals surface area contributed by atoms with Crippen LogP contribution in [-0.2, 0) is 4.79 Å². The van der Waals surface area contributed by atoms with Gasteiger partial charge >= 0.3 is 5.97 Å². The van der Waals surface area contributed by atoms with Crippen LogP contribution in [0.1, 0.15) is 28.8 Å². The molecule has 0 radical (unpaired) electrons. The van der Waals surface area contributed by atoms with Crippen LogP contribution in [0.25, 0.3) is 0 Å². The molecule has 0 bridgehead atoms. The molecule has 0 aliphatic heterocycles. The summed E-state index contributed by atoms with van der Waals surface area (Å²) >= 11 is 0. The van der Waals surface area contributed by atoms with Gasteiger partial charge in [0, 0.05) is 12.0 Å². The molecule has 0 unspecified atom stereocenters. The molecule has 0 saturated heterocycles. The van der Waals surface area contributed by atoms with E-state index in [0.717, 1.165) is 5.56 Å². The number of benzene rings is 2. The molecule has 0 aliphatic rings. The Morgan fingerprint density at radius 1 is 0.962 bits per heavy atom. The van der Waals surface area contributed by atoms with Gasteiger partial charge in [-0.15, -0.1) is 0 Å². The quantitative estimate of drug-likeness (QED) is 0.560. The van der Waals surface area contributed by atoms with Crippen molar-refractivity contribution < 1.29 is 24.2 Å². The van der Waals surface area contributed by atoms with E-state index in [1.807, 2.05) is 30.3 Å². The van der Waals surface area contributed by atoms with Crippen LogP contribution in [0, 0.1) is 0 Å². The smallest absolute Gasteiger partial charge is 0.303 e. The summed E-state index contributed by atoms with van der Waals surface area (Å²) < 4.78 is 10.3. The van der Waals surface area contributed by atoms with Gasteiger partial charge in [-0.25, -0.2) is 5.43 Å². The fraction of sp³-hybridized carbons (Fsp3) is 0.211. The Morgan fingerprint density at radius 2 is 1.65 bits per heavy atom. The highest BCUT2D eigenvalue weighted by Crippen LogP contribution is 2.27. The second-order valence-electron chi connectivity index (χ2n) is 5.33. The summed E-state index contributed by atoms with van der Waals surface area (Å²) in [4.78, 5) is 23.2. The summed E-state index contributed by atoms with van der Waals surface area (Å²) in [5.41, 5.74) is 4.05. The van der Waals surface area contributed by atoms with Crippen LogP contribution in [0.3, 0.4) is 0 Å². The Bertz CT molecular complexity index is 803. The number of nitrogens with one attached hydrogen (secondary N) is 1. The third-order valence-electron chi connectivity index (χ3n) is 3.62. The van der Waals surface area contributed by atoms with Crippen molar-refractivity contribution in [2.24, 2.45) is 5.10 Å². The van der Waals surface area contributed by atoms with Crippen LogP contribution < -0.4 is 14.9 Å². The third-order valence-corrected chi connectivity index (χ3v) is 3.62. The van der Waals surface area contributed by atoms with Crippen LogP contribution in [-0.4, -0.2) is 36.9 Å². The predicted octanol–water partition coefficient (Wildman–Crippen LogP) is 2.70. The maximum absolute atomic E-state index is 12.4. The maximum atomic E-state index is 12.4. The number of hydrogen-bond donors (Lipinski definition) is 2. The van der Waals surface area contributed by atoms with Crippen molar-refractivity contribution >= 4 is 17.6 Å². The molecule has 0 aromatic heterocycles. The van der Waals surface area contributed by atoms with Gasteiger partial charge in [0.25, 0.3) is 5.91 Å². The molecule has 0 atom stereocenters. The van der Waals surface area contributed by atoms with Gasteiger partial charge in [-0.2, -0.15) is 5.10 Å². The summed E-state index contributed by atoms with van der Waals surface area (Å²) in [5, 5.41) is 13.0. The topological polar surface area (TPSA) is 97.2 Å². The number of nitrogens with zero attached hydrogens (tertiary/aromatic N) is 1. The minimum atomic E-state index is -0.931. The highest BCUT2D eigenvalue weighted by molar-refractivity contribution is 6.03. The molecule has 1 amide bonds. The van der Waals surface area contributed by atoms with E-state index in [2.05, 4.69) is 10.5 Å². The predicted molar refractivity (Wildman–Crippen MR) is 96.9 cm³/mol. The van der Waals surface area contributed by atoms with Gasteiger partial charge < -0.3 is 14.6 Å². The monoisotopic (exact) mass is 356 g/mol. The molecule has 0 aliphatic carbocycles. The molecule has 0 heterocycles. The van der Waals surface area contributed by atoms with Crippen molar-refractivity contribution in [2.45, 2.75) is 12.8 Å². The van der Waals surface area contributed by atoms with Crippen LogP contribution in [0.4, 0.5) is 0 Å². The van der Waals surface area contributed by atoms with Gasteiger partial charge in [0.15, 0.2) is 11.5 Å². The first-order valence-corrected chi connectivity index (χ1v) is 7.91. The standard InChI is InChI=1S/C19H20N2O5/c1-25-16-10-8-14(12-17(16)26-2)19(24)21-20-15(9-11-18(22)23)13-6-4-3-5-7-13/h3-8,10,12H,9,11H2,1-2H3,(H,21,24)(H,22,23)/b20-15+. The molecule has 26 heavy (non-hydrogen) atoms. The lowest BCUT2D eigenvalue weighted by Gasteiger charge is -2.09. The Labute approximate surface area is 151 Å². The number of rotatable bonds is 8. The largest absolute Gasteiger partial charge is 0.493 e.